The van der Waals surface area contributed by atoms with E-state index in [2.05, 4.69) is 4.74 Å². The number of ether oxygens (including phenoxy) is 1. The fraction of sp³-hybridized carbons (Fsp3) is 0.833. The molecule has 0 saturated heterocycles. The molecule has 0 aromatic rings. The Balaban J connectivity index is 0.000000982. The molecule has 0 unspecified atom stereocenters. The predicted octanol–water partition coefficient (Wildman–Crippen LogP) is 3.24. The highest BCUT2D eigenvalue weighted by Gasteiger charge is 2.35. The first-order valence-electron chi connectivity index (χ1n) is 6.29. The topological polar surface area (TPSA) is 124 Å². The zero-order chi connectivity index (χ0) is 14.7. The summed E-state index contributed by atoms with van der Waals surface area (Å²) in [5.74, 6) is -1.10. The first-order chi connectivity index (χ1) is 8.99. The first-order valence-corrected chi connectivity index (χ1v) is 6.29. The van der Waals surface area contributed by atoms with Crippen molar-refractivity contribution in [3.05, 3.63) is 10.4 Å². The third-order valence-corrected chi connectivity index (χ3v) is 3.44. The van der Waals surface area contributed by atoms with Gasteiger partial charge in [0, 0.05) is 0 Å². The lowest BCUT2D eigenvalue weighted by Gasteiger charge is -2.29. The number of aliphatic carboxylic acids is 1. The second-order valence-corrected chi connectivity index (χ2v) is 4.84. The van der Waals surface area contributed by atoms with Gasteiger partial charge in [0.05, 0.1) is 20.0 Å². The van der Waals surface area contributed by atoms with E-state index in [0.717, 1.165) is 38.5 Å². The Bertz CT molecular complexity index is 330. The summed E-state index contributed by atoms with van der Waals surface area (Å²) in [6, 6.07) is 0. The van der Waals surface area contributed by atoms with Crippen molar-refractivity contribution >= 4 is 11.9 Å². The molecule has 0 radical (unpaired) electrons. The smallest absolute Gasteiger partial charge is 0.306 e. The van der Waals surface area contributed by atoms with Crippen LogP contribution in [-0.4, -0.2) is 24.2 Å². The molecule has 0 aliphatic heterocycles. The maximum atomic E-state index is 11.4. The van der Waals surface area contributed by atoms with Crippen LogP contribution in [0, 0.1) is 10.9 Å². The van der Waals surface area contributed by atoms with Crippen LogP contribution in [0.4, 0.5) is 0 Å². The lowest BCUT2D eigenvalue weighted by atomic mass is 9.75. The number of nitrogens with one attached hydrogen (secondary N) is 1. The van der Waals surface area contributed by atoms with Gasteiger partial charge in [-0.2, -0.15) is 0 Å². The highest BCUT2D eigenvalue weighted by atomic mass is 16.5. The van der Waals surface area contributed by atoms with Crippen molar-refractivity contribution in [1.82, 2.24) is 0 Å². The number of carboxylic acids is 1. The Kier molecular flexibility index (Phi) is 8.37. The molecule has 0 bridgehead atoms. The summed E-state index contributed by atoms with van der Waals surface area (Å²) < 4.78 is 4.67. The minimum Gasteiger partial charge on any atom is -0.481 e. The maximum absolute atomic E-state index is 11.4. The van der Waals surface area contributed by atoms with Crippen molar-refractivity contribution < 1.29 is 19.4 Å². The van der Waals surface area contributed by atoms with Gasteiger partial charge in [0.1, 0.15) is 0 Å². The Morgan fingerprint density at radius 2 is 1.74 bits per heavy atom. The van der Waals surface area contributed by atoms with Crippen LogP contribution in [0.15, 0.2) is 0 Å². The van der Waals surface area contributed by atoms with E-state index in [9.17, 15) is 9.59 Å². The Morgan fingerprint density at radius 3 is 2.11 bits per heavy atom. The van der Waals surface area contributed by atoms with Crippen molar-refractivity contribution in [3.63, 3.8) is 0 Å². The van der Waals surface area contributed by atoms with Crippen LogP contribution in [0.5, 0.6) is 0 Å². The van der Waals surface area contributed by atoms with E-state index in [1.807, 2.05) is 0 Å². The number of esters is 1. The predicted molar refractivity (Wildman–Crippen MR) is 68.5 cm³/mol. The van der Waals surface area contributed by atoms with E-state index in [1.165, 1.54) is 7.11 Å². The van der Waals surface area contributed by atoms with Crippen molar-refractivity contribution in [2.45, 2.75) is 51.4 Å². The molecule has 1 fully saturated rings. The van der Waals surface area contributed by atoms with Gasteiger partial charge in [-0.05, 0) is 28.7 Å². The molecule has 1 aliphatic rings. The highest BCUT2D eigenvalue weighted by Crippen LogP contribution is 2.41. The number of hydrogen-bond donors (Lipinski definition) is 2. The molecule has 0 aromatic carbocycles. The lowest BCUT2D eigenvalue weighted by Crippen LogP contribution is -2.27. The van der Waals surface area contributed by atoms with Gasteiger partial charge < -0.3 is 9.84 Å². The number of carbonyl (C=O) groups excluding carboxylic acids is 1. The summed E-state index contributed by atoms with van der Waals surface area (Å²) in [4.78, 5) is 24.0. The number of hydrogen-bond acceptors (Lipinski definition) is 4. The average molecular weight is 271 g/mol. The molecule has 0 aromatic heterocycles. The van der Waals surface area contributed by atoms with Crippen LogP contribution in [-0.2, 0) is 14.3 Å². The van der Waals surface area contributed by atoms with Gasteiger partial charge in [-0.15, -0.1) is 5.53 Å². The molecule has 7 heteroatoms. The molecule has 19 heavy (non-hydrogen) atoms. The van der Waals surface area contributed by atoms with E-state index in [4.69, 9.17) is 16.2 Å². The molecule has 1 aliphatic carbocycles. The first kappa shape index (κ1) is 17.2. The Hall–Kier alpha value is -1.75. The molecule has 0 atom stereocenters. The molecule has 2 N–H and O–H groups in total. The summed E-state index contributed by atoms with van der Waals surface area (Å²) in [6.07, 6.45) is 6.31. The van der Waals surface area contributed by atoms with E-state index < -0.39 is 5.97 Å². The largest absolute Gasteiger partial charge is 0.481 e. The minimum atomic E-state index is -0.814. The second kappa shape index (κ2) is 9.22. The molecule has 0 spiro atoms. The maximum Gasteiger partial charge on any atom is 0.306 e. The summed E-state index contributed by atoms with van der Waals surface area (Å²) in [5.41, 5.74) is 11.9. The molecular formula is C12H21N3O4. The normalized spacial score (nSPS) is 17.1. The van der Waals surface area contributed by atoms with Gasteiger partial charge in [0.25, 0.3) is 0 Å². The number of methoxy groups -OCH3 is 1. The summed E-state index contributed by atoms with van der Waals surface area (Å²) in [6.45, 7) is 0. The van der Waals surface area contributed by atoms with E-state index >= 15 is 0 Å². The van der Waals surface area contributed by atoms with Gasteiger partial charge >= 0.3 is 11.9 Å². The van der Waals surface area contributed by atoms with Gasteiger partial charge in [0.15, 0.2) is 0 Å². The van der Waals surface area contributed by atoms with E-state index in [-0.39, 0.29) is 24.2 Å². The van der Waals surface area contributed by atoms with Gasteiger partial charge in [-0.1, -0.05) is 25.7 Å². The Labute approximate surface area is 112 Å². The van der Waals surface area contributed by atoms with Crippen LogP contribution in [0.25, 0.3) is 10.4 Å². The molecule has 1 saturated carbocycles. The quantitative estimate of drug-likeness (QED) is 0.268. The van der Waals surface area contributed by atoms with E-state index in [0.29, 0.717) is 0 Å². The summed E-state index contributed by atoms with van der Waals surface area (Å²) in [5, 5.41) is 8.96. The fourth-order valence-corrected chi connectivity index (χ4v) is 2.59. The minimum absolute atomic E-state index is 0.0854. The lowest BCUT2D eigenvalue weighted by molar-refractivity contribution is -0.146. The van der Waals surface area contributed by atoms with Crippen LogP contribution in [0.2, 0.25) is 0 Å². The van der Waals surface area contributed by atoms with Crippen LogP contribution >= 0.6 is 0 Å². The number of carbonyl (C=O) groups is 2. The zero-order valence-corrected chi connectivity index (χ0v) is 11.2. The van der Waals surface area contributed by atoms with Gasteiger partial charge in [0.2, 0.25) is 0 Å². The third-order valence-electron chi connectivity index (χ3n) is 3.44. The standard InChI is InChI=1S/C12H20O4.HN3/c1-16-11(15)9-12(8-10(13)14)6-4-2-3-5-7-12;1-3-2/h2-9H2,1H3,(H,13,14);1H. The van der Waals surface area contributed by atoms with Crippen molar-refractivity contribution in [3.8, 4) is 0 Å². The van der Waals surface area contributed by atoms with E-state index in [1.54, 1.807) is 4.91 Å². The number of rotatable bonds is 4. The second-order valence-electron chi connectivity index (χ2n) is 4.84. The summed E-state index contributed by atoms with van der Waals surface area (Å²) >= 11 is 0. The van der Waals surface area contributed by atoms with Gasteiger partial charge in [-0.3, -0.25) is 9.59 Å². The Morgan fingerprint density at radius 1 is 1.26 bits per heavy atom. The monoisotopic (exact) mass is 271 g/mol. The molecular weight excluding hydrogens is 250 g/mol. The molecule has 108 valence electrons. The van der Waals surface area contributed by atoms with Crippen molar-refractivity contribution in [1.29, 1.82) is 5.53 Å². The van der Waals surface area contributed by atoms with Crippen molar-refractivity contribution in [2.24, 2.45) is 5.41 Å². The number of carboxylic acid groups (broad SMARTS) is 1. The summed E-state index contributed by atoms with van der Waals surface area (Å²) in [7, 11) is 1.35. The van der Waals surface area contributed by atoms with Gasteiger partial charge in [-0.25, -0.2) is 0 Å². The molecule has 7 nitrogen and oxygen atoms in total. The molecule has 0 heterocycles. The van der Waals surface area contributed by atoms with Crippen LogP contribution < -0.4 is 0 Å². The molecule has 0 amide bonds. The molecule has 1 rings (SSSR count). The zero-order valence-electron chi connectivity index (χ0n) is 11.2. The average Bonchev–Trinajstić information content (AvgIpc) is 2.55. The van der Waals surface area contributed by atoms with Crippen LogP contribution in [0.1, 0.15) is 51.4 Å². The SMILES string of the molecule is COC(=O)CC1(CC(=O)O)CCCCCC1.[N-]=[N+]=N. The van der Waals surface area contributed by atoms with Crippen LogP contribution in [0.3, 0.4) is 0 Å². The van der Waals surface area contributed by atoms with Crippen molar-refractivity contribution in [2.75, 3.05) is 7.11 Å². The highest BCUT2D eigenvalue weighted by molar-refractivity contribution is 5.73. The fourth-order valence-electron chi connectivity index (χ4n) is 2.59. The third kappa shape index (κ3) is 7.31. The number of nitrogens with zero attached hydrogens (tertiary/aromatic N) is 2.